The van der Waals surface area contributed by atoms with Gasteiger partial charge in [0, 0.05) is 16.8 Å². The molecule has 51 heavy (non-hydrogen) atoms. The van der Waals surface area contributed by atoms with E-state index in [4.69, 9.17) is 4.42 Å². The highest BCUT2D eigenvalue weighted by Crippen LogP contribution is 2.63. The lowest BCUT2D eigenvalue weighted by atomic mass is 9.70. The van der Waals surface area contributed by atoms with Crippen LogP contribution in [0.25, 0.3) is 55.0 Å². The summed E-state index contributed by atoms with van der Waals surface area (Å²) in [6, 6.07) is 61.9. The van der Waals surface area contributed by atoms with Crippen LogP contribution in [0.1, 0.15) is 22.3 Å². The molecule has 1 atom stereocenters. The van der Waals surface area contributed by atoms with E-state index in [9.17, 15) is 4.79 Å². The van der Waals surface area contributed by atoms with Gasteiger partial charge in [0.05, 0.1) is 21.9 Å². The van der Waals surface area contributed by atoms with Gasteiger partial charge in [-0.25, -0.2) is 0 Å². The maximum absolute atomic E-state index is 14.2. The molecule has 0 amide bonds. The summed E-state index contributed by atoms with van der Waals surface area (Å²) in [7, 11) is 0. The van der Waals surface area contributed by atoms with Crippen LogP contribution < -0.4 is 10.3 Å². The highest BCUT2D eigenvalue weighted by atomic mass is 16.3. The predicted octanol–water partition coefficient (Wildman–Crippen LogP) is 11.9. The molecule has 3 nitrogen and oxygen atoms in total. The van der Waals surface area contributed by atoms with E-state index in [1.165, 1.54) is 38.6 Å². The van der Waals surface area contributed by atoms with Crippen molar-refractivity contribution < 1.29 is 4.42 Å². The van der Waals surface area contributed by atoms with Crippen LogP contribution in [0.3, 0.4) is 0 Å². The third-order valence-corrected chi connectivity index (χ3v) is 11.0. The molecular weight excluding hydrogens is 623 g/mol. The molecule has 0 radical (unpaired) electrons. The Morgan fingerprint density at radius 1 is 0.412 bits per heavy atom. The van der Waals surface area contributed by atoms with Gasteiger partial charge in [0.15, 0.2) is 0 Å². The molecule has 0 aliphatic heterocycles. The minimum atomic E-state index is -0.638. The average Bonchev–Trinajstić information content (AvgIpc) is 3.64. The Balaban J connectivity index is 1.25. The molecule has 0 N–H and O–H groups in total. The number of anilines is 3. The third-order valence-electron chi connectivity index (χ3n) is 11.0. The standard InChI is InChI=1S/C48H29NO2/c50-47-37-20-8-11-24-45(37)51-46-29-38-35-19-7-10-22-41(35)48(43(38)28-39(46)47)40-21-9-6-18-34(40)36-26-25-32(27-42(36)48)49(31-15-2-1-3-16-31)44-23-12-14-30-13-4-5-17-33(30)44/h1-29H. The molecule has 2 aliphatic carbocycles. The molecule has 1 aromatic heterocycles. The monoisotopic (exact) mass is 651 g/mol. The van der Waals surface area contributed by atoms with Gasteiger partial charge >= 0.3 is 0 Å². The lowest BCUT2D eigenvalue weighted by Crippen LogP contribution is -2.26. The molecule has 3 heteroatoms. The van der Waals surface area contributed by atoms with Crippen molar-refractivity contribution in [2.24, 2.45) is 0 Å². The molecule has 0 saturated carbocycles. The minimum Gasteiger partial charge on any atom is -0.456 e. The van der Waals surface area contributed by atoms with Gasteiger partial charge in [0.1, 0.15) is 11.2 Å². The van der Waals surface area contributed by atoms with Gasteiger partial charge in [-0.15, -0.1) is 0 Å². The number of fused-ring (bicyclic) bond motifs is 13. The Kier molecular flexibility index (Phi) is 5.74. The van der Waals surface area contributed by atoms with E-state index in [0.717, 1.165) is 33.8 Å². The van der Waals surface area contributed by atoms with Gasteiger partial charge in [-0.1, -0.05) is 121 Å². The topological polar surface area (TPSA) is 33.5 Å². The molecule has 1 unspecified atom stereocenters. The van der Waals surface area contributed by atoms with E-state index in [1.54, 1.807) is 0 Å². The van der Waals surface area contributed by atoms with Gasteiger partial charge in [0.25, 0.3) is 0 Å². The van der Waals surface area contributed by atoms with Crippen LogP contribution in [-0.4, -0.2) is 0 Å². The lowest BCUT2D eigenvalue weighted by molar-refractivity contribution is 0.659. The van der Waals surface area contributed by atoms with E-state index in [2.05, 4.69) is 157 Å². The summed E-state index contributed by atoms with van der Waals surface area (Å²) < 4.78 is 6.43. The van der Waals surface area contributed by atoms with Gasteiger partial charge in [-0.05, 0) is 104 Å². The average molecular weight is 652 g/mol. The lowest BCUT2D eigenvalue weighted by Gasteiger charge is -2.32. The third kappa shape index (κ3) is 3.75. The van der Waals surface area contributed by atoms with Crippen LogP contribution in [0.2, 0.25) is 0 Å². The Morgan fingerprint density at radius 3 is 1.86 bits per heavy atom. The normalized spacial score (nSPS) is 15.2. The van der Waals surface area contributed by atoms with Crippen molar-refractivity contribution in [3.05, 3.63) is 208 Å². The van der Waals surface area contributed by atoms with E-state index < -0.39 is 5.41 Å². The Hall–Kier alpha value is -6.71. The van der Waals surface area contributed by atoms with Gasteiger partial charge in [0.2, 0.25) is 5.43 Å². The van der Waals surface area contributed by atoms with Crippen LogP contribution in [0.15, 0.2) is 185 Å². The number of benzene rings is 8. The Morgan fingerprint density at radius 2 is 1.04 bits per heavy atom. The van der Waals surface area contributed by atoms with Crippen molar-refractivity contribution in [3.8, 4) is 22.3 Å². The van der Waals surface area contributed by atoms with E-state index in [0.29, 0.717) is 21.9 Å². The summed E-state index contributed by atoms with van der Waals surface area (Å²) in [5.41, 5.74) is 13.3. The largest absolute Gasteiger partial charge is 0.456 e. The maximum Gasteiger partial charge on any atom is 0.200 e. The van der Waals surface area contributed by atoms with E-state index in [1.807, 2.05) is 24.3 Å². The van der Waals surface area contributed by atoms with Crippen molar-refractivity contribution in [2.75, 3.05) is 4.90 Å². The highest BCUT2D eigenvalue weighted by molar-refractivity contribution is 6.02. The van der Waals surface area contributed by atoms with E-state index >= 15 is 0 Å². The molecular formula is C48H29NO2. The van der Waals surface area contributed by atoms with E-state index in [-0.39, 0.29) is 5.43 Å². The molecule has 2 aliphatic rings. The van der Waals surface area contributed by atoms with Gasteiger partial charge < -0.3 is 9.32 Å². The van der Waals surface area contributed by atoms with Crippen LogP contribution in [0.4, 0.5) is 17.1 Å². The number of hydrogen-bond donors (Lipinski definition) is 0. The van der Waals surface area contributed by atoms with Crippen LogP contribution in [-0.2, 0) is 5.41 Å². The first-order valence-corrected chi connectivity index (χ1v) is 17.4. The summed E-state index contributed by atoms with van der Waals surface area (Å²) in [5, 5.41) is 3.57. The zero-order valence-corrected chi connectivity index (χ0v) is 27.5. The first-order valence-electron chi connectivity index (χ1n) is 17.4. The smallest absolute Gasteiger partial charge is 0.200 e. The second-order valence-electron chi connectivity index (χ2n) is 13.6. The van der Waals surface area contributed by atoms with Crippen LogP contribution >= 0.6 is 0 Å². The first-order chi connectivity index (χ1) is 25.2. The molecule has 11 rings (SSSR count). The van der Waals surface area contributed by atoms with Crippen LogP contribution in [0.5, 0.6) is 0 Å². The second kappa shape index (κ2) is 10.4. The SMILES string of the molecule is O=c1c2ccccc2oc2cc3c(cc12)C1(c2ccccc2-c2ccc(N(c4ccccc4)c4cccc5ccccc45)cc21)c1ccccc1-3. The number of rotatable bonds is 3. The summed E-state index contributed by atoms with van der Waals surface area (Å²) in [5.74, 6) is 0. The summed E-state index contributed by atoms with van der Waals surface area (Å²) >= 11 is 0. The number of para-hydroxylation sites is 2. The Labute approximate surface area is 294 Å². The zero-order chi connectivity index (χ0) is 33.7. The van der Waals surface area contributed by atoms with Gasteiger partial charge in [-0.2, -0.15) is 0 Å². The summed E-state index contributed by atoms with van der Waals surface area (Å²) in [6.07, 6.45) is 0. The fourth-order valence-electron chi connectivity index (χ4n) is 8.97. The minimum absolute atomic E-state index is 0.00720. The van der Waals surface area contributed by atoms with Crippen molar-refractivity contribution >= 4 is 49.8 Å². The van der Waals surface area contributed by atoms with Crippen molar-refractivity contribution in [2.45, 2.75) is 5.41 Å². The summed E-state index contributed by atoms with van der Waals surface area (Å²) in [6.45, 7) is 0. The van der Waals surface area contributed by atoms with Crippen molar-refractivity contribution in [3.63, 3.8) is 0 Å². The zero-order valence-electron chi connectivity index (χ0n) is 27.5. The molecule has 1 spiro atoms. The molecule has 8 aromatic carbocycles. The second-order valence-corrected chi connectivity index (χ2v) is 13.6. The molecule has 0 saturated heterocycles. The highest BCUT2D eigenvalue weighted by Gasteiger charge is 2.52. The maximum atomic E-state index is 14.2. The summed E-state index contributed by atoms with van der Waals surface area (Å²) in [4.78, 5) is 16.5. The molecule has 9 aromatic rings. The fraction of sp³-hybridized carbons (Fsp3) is 0.0208. The van der Waals surface area contributed by atoms with Crippen molar-refractivity contribution in [1.29, 1.82) is 0 Å². The number of hydrogen-bond acceptors (Lipinski definition) is 3. The molecule has 238 valence electrons. The first kappa shape index (κ1) is 28.2. The Bertz CT molecular complexity index is 2950. The van der Waals surface area contributed by atoms with Crippen molar-refractivity contribution in [1.82, 2.24) is 0 Å². The quantitative estimate of drug-likeness (QED) is 0.178. The van der Waals surface area contributed by atoms with Gasteiger partial charge in [-0.3, -0.25) is 4.79 Å². The molecule has 0 fully saturated rings. The number of nitrogens with zero attached hydrogens (tertiary/aromatic N) is 1. The fourth-order valence-corrected chi connectivity index (χ4v) is 8.97. The predicted molar refractivity (Wildman–Crippen MR) is 208 cm³/mol. The molecule has 1 heterocycles. The molecule has 0 bridgehead atoms. The van der Waals surface area contributed by atoms with Crippen LogP contribution in [0, 0.1) is 0 Å².